The molecule has 0 spiro atoms. The maximum Gasteiger partial charge on any atom is 0.128 e. The number of ether oxygens (including phenoxy) is 1. The first kappa shape index (κ1) is 14.8. The van der Waals surface area contributed by atoms with E-state index in [0.29, 0.717) is 12.5 Å². The number of nitrogens with one attached hydrogen (secondary N) is 2. The van der Waals surface area contributed by atoms with E-state index in [0.717, 1.165) is 24.8 Å². The van der Waals surface area contributed by atoms with Gasteiger partial charge >= 0.3 is 0 Å². The smallest absolute Gasteiger partial charge is 0.128 e. The molecular formula is C14H25N3O. The molecule has 0 fully saturated rings. The fraction of sp³-hybridized carbons (Fsp3) is 0.643. The van der Waals surface area contributed by atoms with E-state index < -0.39 is 0 Å². The molecule has 0 bridgehead atoms. The van der Waals surface area contributed by atoms with Crippen LogP contribution in [0.4, 0.5) is 11.6 Å². The van der Waals surface area contributed by atoms with Gasteiger partial charge in [-0.15, -0.1) is 0 Å². The fourth-order valence-electron chi connectivity index (χ4n) is 1.63. The molecule has 1 rings (SSSR count). The van der Waals surface area contributed by atoms with Gasteiger partial charge in [0.15, 0.2) is 0 Å². The highest BCUT2D eigenvalue weighted by Gasteiger charge is 2.13. The van der Waals surface area contributed by atoms with E-state index in [1.165, 1.54) is 0 Å². The standard InChI is InChI=1S/C14H25N3O/c1-5-15-13-8-7-9-14(17-13)16-12(11(3)4)10-18-6-2/h7-9,11-12H,5-6,10H2,1-4H3,(H2,15,16,17). The molecular weight excluding hydrogens is 226 g/mol. The predicted octanol–water partition coefficient (Wildman–Crippen LogP) is 2.99. The second kappa shape index (κ2) is 7.93. The Morgan fingerprint density at radius 1 is 1.22 bits per heavy atom. The van der Waals surface area contributed by atoms with Crippen molar-refractivity contribution in [3.8, 4) is 0 Å². The molecule has 18 heavy (non-hydrogen) atoms. The Labute approximate surface area is 110 Å². The summed E-state index contributed by atoms with van der Waals surface area (Å²) in [5.41, 5.74) is 0. The van der Waals surface area contributed by atoms with E-state index in [9.17, 15) is 0 Å². The summed E-state index contributed by atoms with van der Waals surface area (Å²) in [5, 5.41) is 6.65. The third-order valence-corrected chi connectivity index (χ3v) is 2.75. The highest BCUT2D eigenvalue weighted by atomic mass is 16.5. The minimum Gasteiger partial charge on any atom is -0.380 e. The fourth-order valence-corrected chi connectivity index (χ4v) is 1.63. The molecule has 0 saturated carbocycles. The van der Waals surface area contributed by atoms with Gasteiger partial charge in [-0.3, -0.25) is 0 Å². The summed E-state index contributed by atoms with van der Waals surface area (Å²) in [7, 11) is 0. The van der Waals surface area contributed by atoms with Crippen LogP contribution >= 0.6 is 0 Å². The molecule has 1 heterocycles. The van der Waals surface area contributed by atoms with Gasteiger partial charge in [-0.1, -0.05) is 19.9 Å². The van der Waals surface area contributed by atoms with E-state index in [2.05, 4.69) is 36.4 Å². The summed E-state index contributed by atoms with van der Waals surface area (Å²) in [6, 6.07) is 6.25. The largest absolute Gasteiger partial charge is 0.380 e. The number of hydrogen-bond donors (Lipinski definition) is 2. The van der Waals surface area contributed by atoms with Crippen molar-refractivity contribution < 1.29 is 4.74 Å². The van der Waals surface area contributed by atoms with Crippen LogP contribution in [-0.4, -0.2) is 30.8 Å². The lowest BCUT2D eigenvalue weighted by Gasteiger charge is -2.22. The highest BCUT2D eigenvalue weighted by Crippen LogP contribution is 2.13. The number of nitrogens with zero attached hydrogens (tertiary/aromatic N) is 1. The molecule has 1 aromatic heterocycles. The van der Waals surface area contributed by atoms with Crippen LogP contribution in [0, 0.1) is 5.92 Å². The van der Waals surface area contributed by atoms with Gasteiger partial charge < -0.3 is 15.4 Å². The van der Waals surface area contributed by atoms with Crippen LogP contribution in [0.25, 0.3) is 0 Å². The first-order chi connectivity index (χ1) is 8.67. The molecule has 1 atom stereocenters. The Kier molecular flexibility index (Phi) is 6.50. The topological polar surface area (TPSA) is 46.2 Å². The van der Waals surface area contributed by atoms with Crippen molar-refractivity contribution in [2.75, 3.05) is 30.4 Å². The van der Waals surface area contributed by atoms with Crippen molar-refractivity contribution in [1.29, 1.82) is 0 Å². The zero-order valence-corrected chi connectivity index (χ0v) is 11.9. The van der Waals surface area contributed by atoms with Crippen LogP contribution in [0.15, 0.2) is 18.2 Å². The van der Waals surface area contributed by atoms with E-state index in [4.69, 9.17) is 4.74 Å². The van der Waals surface area contributed by atoms with Gasteiger partial charge in [-0.25, -0.2) is 4.98 Å². The summed E-state index contributed by atoms with van der Waals surface area (Å²) in [6.07, 6.45) is 0. The normalized spacial score (nSPS) is 12.5. The second-order valence-corrected chi connectivity index (χ2v) is 4.59. The Morgan fingerprint density at radius 3 is 2.56 bits per heavy atom. The zero-order chi connectivity index (χ0) is 13.4. The van der Waals surface area contributed by atoms with Gasteiger partial charge in [0.1, 0.15) is 11.6 Å². The van der Waals surface area contributed by atoms with Crippen LogP contribution in [-0.2, 0) is 4.74 Å². The summed E-state index contributed by atoms with van der Waals surface area (Å²) in [5.74, 6) is 2.30. The minimum absolute atomic E-state index is 0.286. The van der Waals surface area contributed by atoms with Gasteiger partial charge in [0.2, 0.25) is 0 Å². The van der Waals surface area contributed by atoms with Crippen LogP contribution in [0.3, 0.4) is 0 Å². The summed E-state index contributed by atoms with van der Waals surface area (Å²) < 4.78 is 5.50. The Morgan fingerprint density at radius 2 is 1.94 bits per heavy atom. The molecule has 1 unspecified atom stereocenters. The lowest BCUT2D eigenvalue weighted by Crippen LogP contribution is -2.31. The molecule has 0 amide bonds. The number of pyridine rings is 1. The molecule has 0 saturated heterocycles. The lowest BCUT2D eigenvalue weighted by molar-refractivity contribution is 0.126. The van der Waals surface area contributed by atoms with Crippen molar-refractivity contribution in [3.05, 3.63) is 18.2 Å². The van der Waals surface area contributed by atoms with E-state index in [-0.39, 0.29) is 6.04 Å². The Bertz CT molecular complexity index is 342. The molecule has 2 N–H and O–H groups in total. The summed E-state index contributed by atoms with van der Waals surface area (Å²) in [6.45, 7) is 10.8. The number of rotatable bonds is 8. The van der Waals surface area contributed by atoms with Crippen molar-refractivity contribution in [3.63, 3.8) is 0 Å². The van der Waals surface area contributed by atoms with Crippen molar-refractivity contribution >= 4 is 11.6 Å². The maximum absolute atomic E-state index is 5.50. The Hall–Kier alpha value is -1.29. The van der Waals surface area contributed by atoms with Crippen LogP contribution in [0.1, 0.15) is 27.7 Å². The van der Waals surface area contributed by atoms with Crippen molar-refractivity contribution in [2.45, 2.75) is 33.7 Å². The quantitative estimate of drug-likeness (QED) is 0.745. The lowest BCUT2D eigenvalue weighted by atomic mass is 10.1. The highest BCUT2D eigenvalue weighted by molar-refractivity contribution is 5.45. The van der Waals surface area contributed by atoms with E-state index >= 15 is 0 Å². The van der Waals surface area contributed by atoms with Gasteiger partial charge in [0.05, 0.1) is 12.6 Å². The molecule has 0 aliphatic carbocycles. The van der Waals surface area contributed by atoms with E-state index in [1.807, 2.05) is 25.1 Å². The first-order valence-electron chi connectivity index (χ1n) is 6.72. The van der Waals surface area contributed by atoms with Gasteiger partial charge in [-0.05, 0) is 31.9 Å². The molecule has 0 radical (unpaired) electrons. The molecule has 4 nitrogen and oxygen atoms in total. The SMILES string of the molecule is CCNc1cccc(NC(COCC)C(C)C)n1. The number of aromatic nitrogens is 1. The first-order valence-corrected chi connectivity index (χ1v) is 6.72. The average molecular weight is 251 g/mol. The van der Waals surface area contributed by atoms with E-state index in [1.54, 1.807) is 0 Å². The third kappa shape index (κ3) is 4.92. The van der Waals surface area contributed by atoms with Gasteiger partial charge in [0.25, 0.3) is 0 Å². The predicted molar refractivity (Wildman–Crippen MR) is 77.1 cm³/mol. The monoisotopic (exact) mass is 251 g/mol. The van der Waals surface area contributed by atoms with Crippen LogP contribution < -0.4 is 10.6 Å². The van der Waals surface area contributed by atoms with Gasteiger partial charge in [0, 0.05) is 13.2 Å². The number of anilines is 2. The molecule has 0 aliphatic rings. The van der Waals surface area contributed by atoms with Crippen LogP contribution in [0.2, 0.25) is 0 Å². The Balaban J connectivity index is 2.64. The molecule has 0 aliphatic heterocycles. The summed E-state index contributed by atoms with van der Waals surface area (Å²) in [4.78, 5) is 4.51. The maximum atomic E-state index is 5.50. The second-order valence-electron chi connectivity index (χ2n) is 4.59. The van der Waals surface area contributed by atoms with Crippen molar-refractivity contribution in [1.82, 2.24) is 4.98 Å². The average Bonchev–Trinajstić information content (AvgIpc) is 2.35. The van der Waals surface area contributed by atoms with Crippen molar-refractivity contribution in [2.24, 2.45) is 5.92 Å². The van der Waals surface area contributed by atoms with Crippen LogP contribution in [0.5, 0.6) is 0 Å². The molecule has 1 aromatic rings. The molecule has 4 heteroatoms. The summed E-state index contributed by atoms with van der Waals surface area (Å²) >= 11 is 0. The third-order valence-electron chi connectivity index (χ3n) is 2.75. The zero-order valence-electron chi connectivity index (χ0n) is 11.9. The number of hydrogen-bond acceptors (Lipinski definition) is 4. The minimum atomic E-state index is 0.286. The molecule has 102 valence electrons. The molecule has 0 aromatic carbocycles. The van der Waals surface area contributed by atoms with Gasteiger partial charge in [-0.2, -0.15) is 0 Å².